The van der Waals surface area contributed by atoms with Gasteiger partial charge in [-0.3, -0.25) is 9.59 Å². The molecule has 0 aromatic rings. The molecule has 0 aromatic carbocycles. The predicted octanol–water partition coefficient (Wildman–Crippen LogP) is 2.96. The molecule has 1 rings (SSSR count). The average Bonchev–Trinajstić information content (AvgIpc) is 2.26. The number of carbonyl (C=O) groups excluding carboxylic acids is 1. The van der Waals surface area contributed by atoms with Gasteiger partial charge in [-0.25, -0.2) is 0 Å². The lowest BCUT2D eigenvalue weighted by Crippen LogP contribution is -2.43. The molecule has 1 aliphatic rings. The molecule has 0 aliphatic heterocycles. The highest BCUT2D eigenvalue weighted by molar-refractivity contribution is 5.78. The minimum atomic E-state index is -0.845. The molecule has 19 heavy (non-hydrogen) atoms. The summed E-state index contributed by atoms with van der Waals surface area (Å²) in [7, 11) is 0. The third-order valence-electron chi connectivity index (χ3n) is 4.05. The first-order valence-electron chi connectivity index (χ1n) is 7.35. The fourth-order valence-electron chi connectivity index (χ4n) is 3.05. The van der Waals surface area contributed by atoms with Gasteiger partial charge in [-0.1, -0.05) is 40.0 Å². The van der Waals surface area contributed by atoms with Crippen LogP contribution in [0.15, 0.2) is 0 Å². The van der Waals surface area contributed by atoms with Crippen molar-refractivity contribution in [3.8, 4) is 0 Å². The topological polar surface area (TPSA) is 66.4 Å². The molecule has 0 heterocycles. The van der Waals surface area contributed by atoms with Crippen LogP contribution in [-0.4, -0.2) is 23.0 Å². The van der Waals surface area contributed by atoms with E-state index in [9.17, 15) is 9.59 Å². The lowest BCUT2D eigenvalue weighted by molar-refractivity contribution is -0.139. The first kappa shape index (κ1) is 16.0. The summed E-state index contributed by atoms with van der Waals surface area (Å²) < 4.78 is 0. The van der Waals surface area contributed by atoms with E-state index in [0.717, 1.165) is 12.8 Å². The summed E-state index contributed by atoms with van der Waals surface area (Å²) in [5, 5.41) is 11.9. The Labute approximate surface area is 116 Å². The molecule has 2 atom stereocenters. The number of aliphatic carboxylic acids is 1. The zero-order chi connectivity index (χ0) is 14.5. The van der Waals surface area contributed by atoms with E-state index in [0.29, 0.717) is 5.92 Å². The number of hydrogen-bond donors (Lipinski definition) is 2. The molecule has 0 bridgehead atoms. The molecule has 1 fully saturated rings. The molecule has 4 nitrogen and oxygen atoms in total. The van der Waals surface area contributed by atoms with E-state index >= 15 is 0 Å². The van der Waals surface area contributed by atoms with Gasteiger partial charge in [-0.05, 0) is 24.2 Å². The van der Waals surface area contributed by atoms with E-state index < -0.39 is 11.4 Å². The maximum Gasteiger partial charge on any atom is 0.303 e. The molecular formula is C15H27NO3. The Kier molecular flexibility index (Phi) is 5.83. The molecule has 1 aliphatic carbocycles. The molecule has 4 heteroatoms. The Balaban J connectivity index is 2.47. The quantitative estimate of drug-likeness (QED) is 0.779. The van der Waals surface area contributed by atoms with E-state index in [4.69, 9.17) is 5.11 Å². The molecule has 2 unspecified atom stereocenters. The van der Waals surface area contributed by atoms with Crippen LogP contribution < -0.4 is 5.32 Å². The van der Waals surface area contributed by atoms with Crippen molar-refractivity contribution in [1.82, 2.24) is 5.32 Å². The van der Waals surface area contributed by atoms with Crippen LogP contribution in [0.4, 0.5) is 0 Å². The third-order valence-corrected chi connectivity index (χ3v) is 4.05. The largest absolute Gasteiger partial charge is 0.481 e. The van der Waals surface area contributed by atoms with Gasteiger partial charge in [0, 0.05) is 12.5 Å². The average molecular weight is 269 g/mol. The molecule has 0 radical (unpaired) electrons. The zero-order valence-electron chi connectivity index (χ0n) is 12.4. The number of amides is 1. The molecule has 1 amide bonds. The summed E-state index contributed by atoms with van der Waals surface area (Å²) in [6.45, 7) is 5.83. The van der Waals surface area contributed by atoms with Gasteiger partial charge in [-0.2, -0.15) is 0 Å². The molecule has 1 saturated carbocycles. The summed E-state index contributed by atoms with van der Waals surface area (Å²) in [6, 6.07) is 0.284. The molecule has 0 spiro atoms. The van der Waals surface area contributed by atoms with Crippen molar-refractivity contribution in [2.75, 3.05) is 0 Å². The summed E-state index contributed by atoms with van der Waals surface area (Å²) in [4.78, 5) is 22.8. The molecular weight excluding hydrogens is 242 g/mol. The number of carboxylic acid groups (broad SMARTS) is 1. The monoisotopic (exact) mass is 269 g/mol. The standard InChI is InChI=1S/C15H27NO3/c1-4-11-7-5-6-8-12(11)16-13(17)9-15(2,3)10-14(18)19/h11-12H,4-10H2,1-3H3,(H,16,17)(H,18,19). The van der Waals surface area contributed by atoms with Gasteiger partial charge in [0.05, 0.1) is 6.42 Å². The minimum absolute atomic E-state index is 0.00315. The normalized spacial score (nSPS) is 23.9. The summed E-state index contributed by atoms with van der Waals surface area (Å²) in [5.74, 6) is -0.265. The van der Waals surface area contributed by atoms with Gasteiger partial charge in [0.15, 0.2) is 0 Å². The second-order valence-electron chi connectivity index (χ2n) is 6.54. The van der Waals surface area contributed by atoms with Crippen LogP contribution in [0.25, 0.3) is 0 Å². The highest BCUT2D eigenvalue weighted by Crippen LogP contribution is 2.28. The highest BCUT2D eigenvalue weighted by Gasteiger charge is 2.29. The van der Waals surface area contributed by atoms with Gasteiger partial charge in [-0.15, -0.1) is 0 Å². The number of carboxylic acids is 1. The lowest BCUT2D eigenvalue weighted by atomic mass is 9.81. The number of hydrogen-bond acceptors (Lipinski definition) is 2. The van der Waals surface area contributed by atoms with E-state index in [1.165, 1.54) is 19.3 Å². The molecule has 110 valence electrons. The van der Waals surface area contributed by atoms with Crippen molar-refractivity contribution >= 4 is 11.9 Å². The zero-order valence-corrected chi connectivity index (χ0v) is 12.4. The van der Waals surface area contributed by atoms with Crippen LogP contribution in [0.2, 0.25) is 0 Å². The number of nitrogens with one attached hydrogen (secondary N) is 1. The van der Waals surface area contributed by atoms with Crippen LogP contribution in [-0.2, 0) is 9.59 Å². The number of rotatable bonds is 6. The van der Waals surface area contributed by atoms with Crippen molar-refractivity contribution in [2.45, 2.75) is 71.8 Å². The van der Waals surface area contributed by atoms with Gasteiger partial charge in [0.2, 0.25) is 5.91 Å². The molecule has 0 saturated heterocycles. The van der Waals surface area contributed by atoms with Crippen LogP contribution in [0.1, 0.15) is 65.7 Å². The van der Waals surface area contributed by atoms with E-state index in [1.807, 2.05) is 13.8 Å². The van der Waals surface area contributed by atoms with Gasteiger partial charge >= 0.3 is 5.97 Å². The number of carbonyl (C=O) groups is 2. The van der Waals surface area contributed by atoms with Crippen LogP contribution in [0.5, 0.6) is 0 Å². The van der Waals surface area contributed by atoms with Crippen molar-refractivity contribution in [3.63, 3.8) is 0 Å². The minimum Gasteiger partial charge on any atom is -0.481 e. The fraction of sp³-hybridized carbons (Fsp3) is 0.867. The Morgan fingerprint density at radius 3 is 2.42 bits per heavy atom. The summed E-state index contributed by atoms with van der Waals surface area (Å²) in [5.41, 5.74) is -0.480. The van der Waals surface area contributed by atoms with Crippen LogP contribution >= 0.6 is 0 Å². The summed E-state index contributed by atoms with van der Waals surface area (Å²) >= 11 is 0. The van der Waals surface area contributed by atoms with Crippen molar-refractivity contribution in [2.24, 2.45) is 11.3 Å². The van der Waals surface area contributed by atoms with Crippen molar-refractivity contribution < 1.29 is 14.7 Å². The van der Waals surface area contributed by atoms with E-state index in [1.54, 1.807) is 0 Å². The maximum atomic E-state index is 12.1. The predicted molar refractivity (Wildman–Crippen MR) is 74.8 cm³/mol. The second kappa shape index (κ2) is 6.92. The Hall–Kier alpha value is -1.06. The van der Waals surface area contributed by atoms with Crippen molar-refractivity contribution in [3.05, 3.63) is 0 Å². The lowest BCUT2D eigenvalue weighted by Gasteiger charge is -2.32. The second-order valence-corrected chi connectivity index (χ2v) is 6.54. The van der Waals surface area contributed by atoms with Crippen LogP contribution in [0, 0.1) is 11.3 Å². The van der Waals surface area contributed by atoms with Gasteiger partial charge in [0.1, 0.15) is 0 Å². The van der Waals surface area contributed by atoms with Gasteiger partial charge < -0.3 is 10.4 Å². The fourth-order valence-corrected chi connectivity index (χ4v) is 3.05. The third kappa shape index (κ3) is 5.62. The van der Waals surface area contributed by atoms with Gasteiger partial charge in [0.25, 0.3) is 0 Å². The van der Waals surface area contributed by atoms with Crippen molar-refractivity contribution in [1.29, 1.82) is 0 Å². The first-order valence-corrected chi connectivity index (χ1v) is 7.35. The van der Waals surface area contributed by atoms with E-state index in [-0.39, 0.29) is 24.8 Å². The van der Waals surface area contributed by atoms with E-state index in [2.05, 4.69) is 12.2 Å². The smallest absolute Gasteiger partial charge is 0.303 e. The first-order chi connectivity index (χ1) is 8.84. The SMILES string of the molecule is CCC1CCCCC1NC(=O)CC(C)(C)CC(=O)O. The highest BCUT2D eigenvalue weighted by atomic mass is 16.4. The summed E-state index contributed by atoms with van der Waals surface area (Å²) in [6.07, 6.45) is 6.11. The molecule has 0 aromatic heterocycles. The van der Waals surface area contributed by atoms with Crippen LogP contribution in [0.3, 0.4) is 0 Å². The Morgan fingerprint density at radius 2 is 1.84 bits per heavy atom. The maximum absolute atomic E-state index is 12.1. The molecule has 2 N–H and O–H groups in total. The Morgan fingerprint density at radius 1 is 1.21 bits per heavy atom. The Bertz CT molecular complexity index is 325.